The molecule has 84 valence electrons. The van der Waals surface area contributed by atoms with Gasteiger partial charge in [-0.15, -0.1) is 0 Å². The van der Waals surface area contributed by atoms with E-state index in [1.165, 1.54) is 12.8 Å². The fraction of sp³-hybridized carbons (Fsp3) is 0.500. The minimum atomic E-state index is 0.567. The van der Waals surface area contributed by atoms with Gasteiger partial charge in [-0.25, -0.2) is 9.50 Å². The maximum atomic E-state index is 4.55. The van der Waals surface area contributed by atoms with Crippen molar-refractivity contribution in [3.63, 3.8) is 0 Å². The van der Waals surface area contributed by atoms with Gasteiger partial charge in [-0.1, -0.05) is 6.07 Å². The first kappa shape index (κ1) is 9.78. The summed E-state index contributed by atoms with van der Waals surface area (Å²) in [4.78, 5) is 4.55. The highest BCUT2D eigenvalue weighted by molar-refractivity contribution is 5.38. The number of nitrogens with zero attached hydrogens (tertiary/aromatic N) is 3. The normalized spacial score (nSPS) is 20.7. The zero-order valence-electron chi connectivity index (χ0n) is 9.48. The van der Waals surface area contributed by atoms with Crippen LogP contribution in [0.1, 0.15) is 24.4 Å². The van der Waals surface area contributed by atoms with E-state index in [1.54, 1.807) is 0 Å². The lowest BCUT2D eigenvalue weighted by Crippen LogP contribution is -2.24. The van der Waals surface area contributed by atoms with E-state index in [2.05, 4.69) is 28.4 Å². The van der Waals surface area contributed by atoms with E-state index in [0.717, 1.165) is 30.1 Å². The number of nitrogens with one attached hydrogen (secondary N) is 1. The first-order valence-electron chi connectivity index (χ1n) is 5.87. The molecule has 0 radical (unpaired) electrons. The smallest absolute Gasteiger partial charge is 0.155 e. The molecule has 2 aromatic rings. The second-order valence-electron chi connectivity index (χ2n) is 4.46. The zero-order chi connectivity index (χ0) is 11.0. The molecule has 1 aliphatic rings. The van der Waals surface area contributed by atoms with Gasteiger partial charge in [-0.3, -0.25) is 0 Å². The predicted molar refractivity (Wildman–Crippen MR) is 62.5 cm³/mol. The van der Waals surface area contributed by atoms with Gasteiger partial charge in [0.05, 0.1) is 0 Å². The minimum absolute atomic E-state index is 0.567. The Labute approximate surface area is 94.7 Å². The molecule has 1 unspecified atom stereocenters. The monoisotopic (exact) mass is 216 g/mol. The van der Waals surface area contributed by atoms with Crippen molar-refractivity contribution in [1.82, 2.24) is 19.9 Å². The first-order valence-corrected chi connectivity index (χ1v) is 5.87. The van der Waals surface area contributed by atoms with Crippen LogP contribution in [0.2, 0.25) is 0 Å². The zero-order valence-corrected chi connectivity index (χ0v) is 9.48. The lowest BCUT2D eigenvalue weighted by molar-refractivity contribution is 0.584. The van der Waals surface area contributed by atoms with E-state index in [9.17, 15) is 0 Å². The van der Waals surface area contributed by atoms with Crippen molar-refractivity contribution in [3.05, 3.63) is 29.7 Å². The van der Waals surface area contributed by atoms with E-state index < -0.39 is 0 Å². The highest BCUT2D eigenvalue weighted by Gasteiger charge is 2.17. The maximum absolute atomic E-state index is 4.55. The number of hydrogen-bond donors (Lipinski definition) is 1. The largest absolute Gasteiger partial charge is 0.314 e. The van der Waals surface area contributed by atoms with Crippen LogP contribution in [0.5, 0.6) is 0 Å². The maximum Gasteiger partial charge on any atom is 0.155 e. The summed E-state index contributed by atoms with van der Waals surface area (Å²) in [5.74, 6) is 0.953. The third kappa shape index (κ3) is 1.69. The molecule has 1 atom stereocenters. The Morgan fingerprint density at radius 3 is 3.19 bits per heavy atom. The van der Waals surface area contributed by atoms with Crippen LogP contribution in [-0.4, -0.2) is 27.2 Å². The molecule has 0 amide bonds. The average Bonchev–Trinajstić information content (AvgIpc) is 2.88. The van der Waals surface area contributed by atoms with Crippen molar-refractivity contribution in [2.75, 3.05) is 6.54 Å². The highest BCUT2D eigenvalue weighted by Crippen LogP contribution is 2.11. The van der Waals surface area contributed by atoms with Crippen molar-refractivity contribution >= 4 is 5.65 Å². The van der Waals surface area contributed by atoms with Crippen molar-refractivity contribution < 1.29 is 0 Å². The predicted octanol–water partition coefficient (Wildman–Crippen LogP) is 1.33. The molecule has 0 aliphatic carbocycles. The quantitative estimate of drug-likeness (QED) is 0.823. The Morgan fingerprint density at radius 1 is 1.50 bits per heavy atom. The summed E-state index contributed by atoms with van der Waals surface area (Å²) >= 11 is 0. The number of pyridine rings is 1. The molecule has 2 aromatic heterocycles. The molecular formula is C12H16N4. The molecule has 1 fully saturated rings. The van der Waals surface area contributed by atoms with Crippen LogP contribution in [0.25, 0.3) is 5.65 Å². The van der Waals surface area contributed by atoms with Gasteiger partial charge in [0.2, 0.25) is 0 Å². The third-order valence-electron chi connectivity index (χ3n) is 3.18. The van der Waals surface area contributed by atoms with Crippen molar-refractivity contribution in [2.45, 2.75) is 32.2 Å². The molecule has 0 saturated carbocycles. The van der Waals surface area contributed by atoms with Gasteiger partial charge in [0, 0.05) is 18.2 Å². The van der Waals surface area contributed by atoms with Crippen LogP contribution >= 0.6 is 0 Å². The minimum Gasteiger partial charge on any atom is -0.314 e. The summed E-state index contributed by atoms with van der Waals surface area (Å²) in [7, 11) is 0. The second kappa shape index (κ2) is 3.87. The van der Waals surface area contributed by atoms with Crippen LogP contribution in [0.4, 0.5) is 0 Å². The fourth-order valence-corrected chi connectivity index (χ4v) is 2.32. The number of fused-ring (bicyclic) bond motifs is 1. The Morgan fingerprint density at radius 2 is 2.44 bits per heavy atom. The van der Waals surface area contributed by atoms with Crippen LogP contribution in [0.3, 0.4) is 0 Å². The summed E-state index contributed by atoms with van der Waals surface area (Å²) in [6.45, 7) is 3.19. The number of aryl methyl sites for hydroxylation is 1. The Hall–Kier alpha value is -1.42. The summed E-state index contributed by atoms with van der Waals surface area (Å²) in [5, 5.41) is 8.02. The molecule has 1 aliphatic heterocycles. The Kier molecular flexibility index (Phi) is 2.36. The van der Waals surface area contributed by atoms with E-state index in [1.807, 2.05) is 16.6 Å². The molecule has 1 saturated heterocycles. The van der Waals surface area contributed by atoms with E-state index in [0.29, 0.717) is 6.04 Å². The molecule has 1 N–H and O–H groups in total. The molecule has 0 aromatic carbocycles. The molecule has 16 heavy (non-hydrogen) atoms. The molecule has 4 heteroatoms. The number of aromatic nitrogens is 3. The molecule has 0 spiro atoms. The van der Waals surface area contributed by atoms with Gasteiger partial charge in [-0.2, -0.15) is 5.10 Å². The van der Waals surface area contributed by atoms with Crippen molar-refractivity contribution in [1.29, 1.82) is 0 Å². The number of rotatable bonds is 2. The first-order chi connectivity index (χ1) is 7.83. The standard InChI is InChI=1S/C12H16N4/c1-9-4-2-6-12-14-11(15-16(9)12)8-10-5-3-7-13-10/h2,4,6,10,13H,3,5,7-8H2,1H3. The van der Waals surface area contributed by atoms with Crippen molar-refractivity contribution in [3.8, 4) is 0 Å². The van der Waals surface area contributed by atoms with Crippen LogP contribution in [0, 0.1) is 6.92 Å². The van der Waals surface area contributed by atoms with Gasteiger partial charge in [-0.05, 0) is 38.4 Å². The average molecular weight is 216 g/mol. The van der Waals surface area contributed by atoms with Gasteiger partial charge >= 0.3 is 0 Å². The van der Waals surface area contributed by atoms with Crippen LogP contribution in [0.15, 0.2) is 18.2 Å². The summed E-state index contributed by atoms with van der Waals surface area (Å²) in [6, 6.07) is 6.65. The molecule has 4 nitrogen and oxygen atoms in total. The molecule has 3 heterocycles. The fourth-order valence-electron chi connectivity index (χ4n) is 2.32. The summed E-state index contributed by atoms with van der Waals surface area (Å²) in [5.41, 5.74) is 2.09. The Bertz CT molecular complexity index is 497. The number of hydrogen-bond acceptors (Lipinski definition) is 3. The van der Waals surface area contributed by atoms with E-state index >= 15 is 0 Å². The topological polar surface area (TPSA) is 42.2 Å². The lowest BCUT2D eigenvalue weighted by atomic mass is 10.1. The van der Waals surface area contributed by atoms with Gasteiger partial charge in [0.15, 0.2) is 11.5 Å². The molecular weight excluding hydrogens is 200 g/mol. The SMILES string of the molecule is Cc1cccc2nc(CC3CCCN3)nn12. The molecule has 3 rings (SSSR count). The van der Waals surface area contributed by atoms with E-state index in [-0.39, 0.29) is 0 Å². The van der Waals surface area contributed by atoms with Gasteiger partial charge in [0.25, 0.3) is 0 Å². The third-order valence-corrected chi connectivity index (χ3v) is 3.18. The second-order valence-corrected chi connectivity index (χ2v) is 4.46. The van der Waals surface area contributed by atoms with Gasteiger partial charge in [0.1, 0.15) is 0 Å². The van der Waals surface area contributed by atoms with Gasteiger partial charge < -0.3 is 5.32 Å². The van der Waals surface area contributed by atoms with Crippen LogP contribution in [-0.2, 0) is 6.42 Å². The summed E-state index contributed by atoms with van der Waals surface area (Å²) < 4.78 is 1.92. The van der Waals surface area contributed by atoms with Crippen LogP contribution < -0.4 is 5.32 Å². The summed E-state index contributed by atoms with van der Waals surface area (Å²) in [6.07, 6.45) is 3.46. The highest BCUT2D eigenvalue weighted by atomic mass is 15.3. The van der Waals surface area contributed by atoms with Crippen molar-refractivity contribution in [2.24, 2.45) is 0 Å². The lowest BCUT2D eigenvalue weighted by Gasteiger charge is -2.05. The van der Waals surface area contributed by atoms with E-state index in [4.69, 9.17) is 0 Å². The Balaban J connectivity index is 1.90. The molecule has 0 bridgehead atoms.